The fraction of sp³-hybridized carbons (Fsp3) is 0.385. The molecule has 7 nitrogen and oxygen atoms in total. The molecule has 0 saturated carbocycles. The van der Waals surface area contributed by atoms with E-state index in [-0.39, 0.29) is 23.4 Å². The second kappa shape index (κ2) is 13.9. The fourth-order valence-corrected chi connectivity index (χ4v) is 3.82. The van der Waals surface area contributed by atoms with E-state index in [1.54, 1.807) is 36.4 Å². The molecule has 0 spiro atoms. The first-order valence-corrected chi connectivity index (χ1v) is 12.6. The quantitative estimate of drug-likeness (QED) is 0.237. The third-order valence-corrected chi connectivity index (χ3v) is 6.36. The fourth-order valence-electron chi connectivity index (χ4n) is 3.50. The van der Waals surface area contributed by atoms with Crippen molar-refractivity contribution >= 4 is 46.7 Å². The number of nitrogens with one attached hydrogen (secondary N) is 3. The maximum Gasteiger partial charge on any atom is 0.405 e. The van der Waals surface area contributed by atoms with Crippen molar-refractivity contribution in [2.45, 2.75) is 50.9 Å². The molecule has 40 heavy (non-hydrogen) atoms. The lowest BCUT2D eigenvalue weighted by atomic mass is 9.94. The van der Waals surface area contributed by atoms with Crippen LogP contribution in [0.15, 0.2) is 48.5 Å². The second-order valence-electron chi connectivity index (χ2n) is 9.13. The molecule has 2 atom stereocenters. The molecular weight excluding hydrogens is 584 g/mol. The minimum Gasteiger partial charge on any atom is -0.344 e. The van der Waals surface area contributed by atoms with Crippen LogP contribution in [0.2, 0.25) is 10.0 Å². The first kappa shape index (κ1) is 33.0. The Morgan fingerprint density at radius 1 is 0.875 bits per heavy atom. The lowest BCUT2D eigenvalue weighted by Crippen LogP contribution is -2.58. The van der Waals surface area contributed by atoms with Gasteiger partial charge in [-0.25, -0.2) is 0 Å². The molecule has 3 N–H and O–H groups in total. The number of carbonyl (C=O) groups excluding carboxylic acids is 4. The summed E-state index contributed by atoms with van der Waals surface area (Å²) in [6, 6.07) is 9.09. The summed E-state index contributed by atoms with van der Waals surface area (Å²) in [4.78, 5) is 50.2. The van der Waals surface area contributed by atoms with Crippen LogP contribution < -0.4 is 16.0 Å². The van der Waals surface area contributed by atoms with Gasteiger partial charge in [0.05, 0.1) is 16.1 Å². The van der Waals surface area contributed by atoms with Gasteiger partial charge in [-0.3, -0.25) is 19.2 Å². The van der Waals surface area contributed by atoms with Gasteiger partial charge in [-0.15, -0.1) is 0 Å². The van der Waals surface area contributed by atoms with Gasteiger partial charge in [0.15, 0.2) is 0 Å². The maximum absolute atomic E-state index is 14.5. The van der Waals surface area contributed by atoms with Gasteiger partial charge in [0.25, 0.3) is 5.91 Å². The van der Waals surface area contributed by atoms with Crippen molar-refractivity contribution in [2.24, 2.45) is 5.92 Å². The van der Waals surface area contributed by atoms with Gasteiger partial charge in [0, 0.05) is 6.42 Å². The summed E-state index contributed by atoms with van der Waals surface area (Å²) in [5, 5.41) is 6.21. The number of amides is 3. The molecule has 0 aliphatic rings. The van der Waals surface area contributed by atoms with Crippen LogP contribution in [0.1, 0.15) is 37.4 Å². The smallest absolute Gasteiger partial charge is 0.344 e. The van der Waals surface area contributed by atoms with Crippen molar-refractivity contribution in [3.63, 3.8) is 0 Å². The molecule has 0 aromatic heterocycles. The molecule has 3 amide bonds. The average molecular weight is 610 g/mol. The average Bonchev–Trinajstić information content (AvgIpc) is 2.88. The zero-order chi connectivity index (χ0) is 30.3. The number of carbonyl (C=O) groups is 4. The van der Waals surface area contributed by atoms with Gasteiger partial charge in [-0.2, -0.15) is 22.0 Å². The molecule has 0 aliphatic heterocycles. The zero-order valence-electron chi connectivity index (χ0n) is 21.3. The van der Waals surface area contributed by atoms with Gasteiger partial charge >= 0.3 is 12.1 Å². The molecule has 0 radical (unpaired) electrons. The molecule has 0 bridgehead atoms. The van der Waals surface area contributed by atoms with Gasteiger partial charge in [-0.05, 0) is 35.6 Å². The van der Waals surface area contributed by atoms with E-state index in [0.29, 0.717) is 10.6 Å². The van der Waals surface area contributed by atoms with Crippen molar-refractivity contribution in [2.75, 3.05) is 6.54 Å². The Kier molecular flexibility index (Phi) is 11.4. The predicted octanol–water partition coefficient (Wildman–Crippen LogP) is 4.81. The second-order valence-corrected chi connectivity index (χ2v) is 9.94. The van der Waals surface area contributed by atoms with E-state index in [9.17, 15) is 41.1 Å². The number of aryl methyl sites for hydroxylation is 1. The van der Waals surface area contributed by atoms with Crippen LogP contribution in [-0.4, -0.2) is 48.2 Å². The van der Waals surface area contributed by atoms with E-state index in [4.69, 9.17) is 23.2 Å². The van der Waals surface area contributed by atoms with E-state index in [1.165, 1.54) is 26.0 Å². The van der Waals surface area contributed by atoms with E-state index < -0.39 is 60.1 Å². The number of hydrogen-bond donors (Lipinski definition) is 3. The van der Waals surface area contributed by atoms with Crippen molar-refractivity contribution in [3.8, 4) is 0 Å². The lowest BCUT2D eigenvalue weighted by molar-refractivity contribution is -0.165. The van der Waals surface area contributed by atoms with Crippen molar-refractivity contribution in [1.82, 2.24) is 16.0 Å². The summed E-state index contributed by atoms with van der Waals surface area (Å²) >= 11 is 11.9. The molecular formula is C26H26Cl2F5N3O4. The highest BCUT2D eigenvalue weighted by atomic mass is 35.5. The Hall–Kier alpha value is -3.25. The Morgan fingerprint density at radius 3 is 2.05 bits per heavy atom. The highest BCUT2D eigenvalue weighted by Gasteiger charge is 2.52. The van der Waals surface area contributed by atoms with Crippen LogP contribution in [0.3, 0.4) is 0 Å². The minimum atomic E-state index is -4.98. The standard InChI is InChI=1S/C26H26Cl2F5N3O4/c1-14(2)20(22(38)26(32,33)24(40)34-13-25(29,30)31)36-23(39)21(16-6-4-3-5-7-16)35-19(37)11-9-15-8-10-17(27)18(28)12-15/h3-8,10,12,14,20-21H,9,11,13H2,1-2H3,(H,34,40)(H,35,37)(H,36,39)/t20-,21?/m0/s1. The summed E-state index contributed by atoms with van der Waals surface area (Å²) in [6.45, 7) is 0.511. The molecule has 0 aliphatic carbocycles. The van der Waals surface area contributed by atoms with E-state index in [1.807, 2.05) is 0 Å². The normalized spacial score (nSPS) is 13.3. The Balaban J connectivity index is 2.20. The van der Waals surface area contributed by atoms with Gasteiger partial charge < -0.3 is 16.0 Å². The molecule has 0 heterocycles. The summed E-state index contributed by atoms with van der Waals surface area (Å²) in [7, 11) is 0. The SMILES string of the molecule is CC(C)[C@H](NC(=O)C(NC(=O)CCc1ccc(Cl)c(Cl)c1)c1ccccc1)C(=O)C(F)(F)C(=O)NCC(F)(F)F. The number of Topliss-reactive ketones (excluding diaryl/α,β-unsaturated/α-hetero) is 1. The monoisotopic (exact) mass is 609 g/mol. The summed E-state index contributed by atoms with van der Waals surface area (Å²) in [5.74, 6) is -12.1. The van der Waals surface area contributed by atoms with Crippen LogP contribution >= 0.6 is 23.2 Å². The maximum atomic E-state index is 14.5. The van der Waals surface area contributed by atoms with E-state index in [0.717, 1.165) is 5.32 Å². The van der Waals surface area contributed by atoms with E-state index in [2.05, 4.69) is 10.6 Å². The lowest BCUT2D eigenvalue weighted by Gasteiger charge is -2.27. The summed E-state index contributed by atoms with van der Waals surface area (Å²) in [6.07, 6.45) is -4.86. The van der Waals surface area contributed by atoms with Crippen LogP contribution in [0.5, 0.6) is 0 Å². The Morgan fingerprint density at radius 2 is 1.50 bits per heavy atom. The Labute approximate surface area is 236 Å². The molecule has 2 rings (SSSR count). The van der Waals surface area contributed by atoms with Crippen molar-refractivity contribution < 1.29 is 41.1 Å². The van der Waals surface area contributed by atoms with Crippen LogP contribution in [0.4, 0.5) is 22.0 Å². The topological polar surface area (TPSA) is 104 Å². The predicted molar refractivity (Wildman–Crippen MR) is 138 cm³/mol. The molecule has 0 saturated heterocycles. The molecule has 14 heteroatoms. The number of hydrogen-bond acceptors (Lipinski definition) is 4. The van der Waals surface area contributed by atoms with Crippen molar-refractivity contribution in [1.29, 1.82) is 0 Å². The van der Waals surface area contributed by atoms with Gasteiger partial charge in [0.1, 0.15) is 12.6 Å². The number of rotatable bonds is 12. The van der Waals surface area contributed by atoms with Crippen molar-refractivity contribution in [3.05, 3.63) is 69.7 Å². The summed E-state index contributed by atoms with van der Waals surface area (Å²) < 4.78 is 66.1. The van der Waals surface area contributed by atoms with Crippen LogP contribution in [-0.2, 0) is 25.6 Å². The van der Waals surface area contributed by atoms with Gasteiger partial charge in [-0.1, -0.05) is 73.4 Å². The third-order valence-electron chi connectivity index (χ3n) is 5.62. The first-order chi connectivity index (χ1) is 18.5. The number of benzene rings is 2. The molecule has 0 fully saturated rings. The van der Waals surface area contributed by atoms with Crippen LogP contribution in [0, 0.1) is 5.92 Å². The molecule has 2 aromatic carbocycles. The first-order valence-electron chi connectivity index (χ1n) is 11.9. The number of halogens is 7. The third kappa shape index (κ3) is 9.44. The number of alkyl halides is 5. The largest absolute Gasteiger partial charge is 0.405 e. The number of ketones is 1. The Bertz CT molecular complexity index is 1230. The summed E-state index contributed by atoms with van der Waals surface area (Å²) in [5.41, 5.74) is 0.939. The van der Waals surface area contributed by atoms with Gasteiger partial charge in [0.2, 0.25) is 17.6 Å². The minimum absolute atomic E-state index is 0.0986. The van der Waals surface area contributed by atoms with Crippen LogP contribution in [0.25, 0.3) is 0 Å². The molecule has 1 unspecified atom stereocenters. The highest BCUT2D eigenvalue weighted by molar-refractivity contribution is 6.42. The van der Waals surface area contributed by atoms with E-state index >= 15 is 0 Å². The molecule has 2 aromatic rings. The molecule has 218 valence electrons. The zero-order valence-corrected chi connectivity index (χ0v) is 22.8. The highest BCUT2D eigenvalue weighted by Crippen LogP contribution is 2.24.